The number of nitrogens with zero attached hydrogens (tertiary/aromatic N) is 2. The lowest BCUT2D eigenvalue weighted by atomic mass is 10.0. The fraction of sp³-hybridized carbons (Fsp3) is 0.188. The molecule has 5 heteroatoms. The predicted molar refractivity (Wildman–Crippen MR) is 83.1 cm³/mol. The van der Waals surface area contributed by atoms with E-state index in [-0.39, 0.29) is 5.91 Å². The van der Waals surface area contributed by atoms with Gasteiger partial charge in [-0.1, -0.05) is 18.7 Å². The van der Waals surface area contributed by atoms with Crippen LogP contribution in [0.15, 0.2) is 42.7 Å². The standard InChI is InChI=1S/C16H16N4O/c1-10(2)16(21)20-12-5-3-4-11(8-12)14-13-6-7-17-15(13)19-9-18-14/h3-5,8-9H,1,6-7H2,2H3,(H,20,21)(H,17,18,19). The Morgan fingerprint density at radius 3 is 3.05 bits per heavy atom. The van der Waals surface area contributed by atoms with Crippen LogP contribution in [0.2, 0.25) is 0 Å². The highest BCUT2D eigenvalue weighted by atomic mass is 16.1. The van der Waals surface area contributed by atoms with Crippen LogP contribution >= 0.6 is 0 Å². The van der Waals surface area contributed by atoms with Crippen molar-refractivity contribution >= 4 is 17.4 Å². The van der Waals surface area contributed by atoms with Gasteiger partial charge in [0.15, 0.2) is 0 Å². The molecule has 1 aromatic heterocycles. The van der Waals surface area contributed by atoms with Crippen LogP contribution in [0.3, 0.4) is 0 Å². The summed E-state index contributed by atoms with van der Waals surface area (Å²) in [5, 5.41) is 6.06. The van der Waals surface area contributed by atoms with Crippen molar-refractivity contribution in [2.75, 3.05) is 17.2 Å². The monoisotopic (exact) mass is 280 g/mol. The van der Waals surface area contributed by atoms with Crippen LogP contribution in [0.25, 0.3) is 11.3 Å². The summed E-state index contributed by atoms with van der Waals surface area (Å²) in [5.41, 5.74) is 4.22. The van der Waals surface area contributed by atoms with Gasteiger partial charge in [-0.25, -0.2) is 9.97 Å². The van der Waals surface area contributed by atoms with E-state index in [9.17, 15) is 4.79 Å². The number of hydrogen-bond acceptors (Lipinski definition) is 4. The van der Waals surface area contributed by atoms with Gasteiger partial charge in [0.05, 0.1) is 5.69 Å². The van der Waals surface area contributed by atoms with Crippen molar-refractivity contribution in [3.8, 4) is 11.3 Å². The van der Waals surface area contributed by atoms with Crippen LogP contribution in [0.5, 0.6) is 0 Å². The number of benzene rings is 1. The Balaban J connectivity index is 1.95. The Bertz CT molecular complexity index is 724. The molecule has 2 heterocycles. The molecule has 1 aromatic carbocycles. The lowest BCUT2D eigenvalue weighted by molar-refractivity contribution is -0.112. The molecule has 0 fully saturated rings. The maximum atomic E-state index is 11.7. The van der Waals surface area contributed by atoms with Crippen LogP contribution < -0.4 is 10.6 Å². The zero-order valence-corrected chi connectivity index (χ0v) is 11.8. The molecule has 0 unspecified atom stereocenters. The lowest BCUT2D eigenvalue weighted by Gasteiger charge is -2.09. The van der Waals surface area contributed by atoms with E-state index in [1.54, 1.807) is 13.3 Å². The Labute approximate surface area is 123 Å². The van der Waals surface area contributed by atoms with Gasteiger partial charge in [-0.3, -0.25) is 4.79 Å². The summed E-state index contributed by atoms with van der Waals surface area (Å²) in [4.78, 5) is 20.3. The summed E-state index contributed by atoms with van der Waals surface area (Å²) < 4.78 is 0. The quantitative estimate of drug-likeness (QED) is 0.848. The first-order valence-electron chi connectivity index (χ1n) is 6.80. The first-order chi connectivity index (χ1) is 10.1. The molecule has 1 amide bonds. The van der Waals surface area contributed by atoms with Crippen molar-refractivity contribution in [1.29, 1.82) is 0 Å². The average molecular weight is 280 g/mol. The van der Waals surface area contributed by atoms with Gasteiger partial charge < -0.3 is 10.6 Å². The van der Waals surface area contributed by atoms with Crippen molar-refractivity contribution in [2.45, 2.75) is 13.3 Å². The minimum atomic E-state index is -0.179. The molecule has 0 radical (unpaired) electrons. The van der Waals surface area contributed by atoms with Gasteiger partial charge in [-0.2, -0.15) is 0 Å². The SMILES string of the molecule is C=C(C)C(=O)Nc1cccc(-c2ncnc3c2CCN3)c1. The zero-order chi connectivity index (χ0) is 14.8. The smallest absolute Gasteiger partial charge is 0.250 e. The van der Waals surface area contributed by atoms with Gasteiger partial charge >= 0.3 is 0 Å². The number of carbonyl (C=O) groups excluding carboxylic acids is 1. The van der Waals surface area contributed by atoms with Crippen molar-refractivity contribution in [1.82, 2.24) is 9.97 Å². The second-order valence-corrected chi connectivity index (χ2v) is 5.04. The highest BCUT2D eigenvalue weighted by molar-refractivity contribution is 6.03. The number of anilines is 2. The number of rotatable bonds is 3. The normalized spacial score (nSPS) is 12.4. The molecular weight excluding hydrogens is 264 g/mol. The molecule has 106 valence electrons. The highest BCUT2D eigenvalue weighted by Gasteiger charge is 2.17. The Morgan fingerprint density at radius 1 is 1.38 bits per heavy atom. The van der Waals surface area contributed by atoms with Gasteiger partial charge in [0, 0.05) is 28.9 Å². The van der Waals surface area contributed by atoms with Crippen LogP contribution in [-0.4, -0.2) is 22.4 Å². The molecular formula is C16H16N4O. The molecule has 21 heavy (non-hydrogen) atoms. The number of aromatic nitrogens is 2. The molecule has 0 saturated carbocycles. The van der Waals surface area contributed by atoms with Crippen LogP contribution in [0.4, 0.5) is 11.5 Å². The van der Waals surface area contributed by atoms with E-state index < -0.39 is 0 Å². The van der Waals surface area contributed by atoms with E-state index in [0.29, 0.717) is 5.57 Å². The van der Waals surface area contributed by atoms with E-state index in [2.05, 4.69) is 27.2 Å². The fourth-order valence-electron chi connectivity index (χ4n) is 2.34. The summed E-state index contributed by atoms with van der Waals surface area (Å²) in [6.45, 7) is 6.20. The molecule has 1 aliphatic heterocycles. The molecule has 3 rings (SSSR count). The second kappa shape index (κ2) is 5.36. The third-order valence-electron chi connectivity index (χ3n) is 3.39. The molecule has 0 bridgehead atoms. The molecule has 0 aliphatic carbocycles. The number of nitrogens with one attached hydrogen (secondary N) is 2. The molecule has 2 aromatic rings. The summed E-state index contributed by atoms with van der Waals surface area (Å²) in [6, 6.07) is 7.66. The summed E-state index contributed by atoms with van der Waals surface area (Å²) in [6.07, 6.45) is 2.47. The van der Waals surface area contributed by atoms with Gasteiger partial charge in [0.25, 0.3) is 5.91 Å². The first-order valence-corrected chi connectivity index (χ1v) is 6.80. The van der Waals surface area contributed by atoms with Crippen molar-refractivity contribution < 1.29 is 4.79 Å². The summed E-state index contributed by atoms with van der Waals surface area (Å²) in [5.74, 6) is 0.720. The average Bonchev–Trinajstić information content (AvgIpc) is 2.95. The largest absolute Gasteiger partial charge is 0.369 e. The lowest BCUT2D eigenvalue weighted by Crippen LogP contribution is -2.11. The van der Waals surface area contributed by atoms with Crippen molar-refractivity contribution in [2.24, 2.45) is 0 Å². The van der Waals surface area contributed by atoms with E-state index >= 15 is 0 Å². The number of fused-ring (bicyclic) bond motifs is 1. The van der Waals surface area contributed by atoms with Crippen LogP contribution in [0, 0.1) is 0 Å². The molecule has 2 N–H and O–H groups in total. The van der Waals surface area contributed by atoms with E-state index in [1.807, 2.05) is 24.3 Å². The number of carbonyl (C=O) groups is 1. The van der Waals surface area contributed by atoms with E-state index in [4.69, 9.17) is 0 Å². The maximum absolute atomic E-state index is 11.7. The van der Waals surface area contributed by atoms with Gasteiger partial charge in [-0.15, -0.1) is 0 Å². The molecule has 0 saturated heterocycles. The summed E-state index contributed by atoms with van der Waals surface area (Å²) >= 11 is 0. The third kappa shape index (κ3) is 2.63. The Kier molecular flexibility index (Phi) is 3.39. The number of hydrogen-bond donors (Lipinski definition) is 2. The zero-order valence-electron chi connectivity index (χ0n) is 11.8. The van der Waals surface area contributed by atoms with Gasteiger partial charge in [0.2, 0.25) is 0 Å². The number of amides is 1. The Hall–Kier alpha value is -2.69. The Morgan fingerprint density at radius 2 is 2.24 bits per heavy atom. The third-order valence-corrected chi connectivity index (χ3v) is 3.39. The minimum absolute atomic E-state index is 0.179. The first kappa shape index (κ1) is 13.3. The van der Waals surface area contributed by atoms with Crippen molar-refractivity contribution in [3.05, 3.63) is 48.3 Å². The van der Waals surface area contributed by atoms with Crippen LogP contribution in [-0.2, 0) is 11.2 Å². The van der Waals surface area contributed by atoms with Crippen molar-refractivity contribution in [3.63, 3.8) is 0 Å². The highest BCUT2D eigenvalue weighted by Crippen LogP contribution is 2.30. The maximum Gasteiger partial charge on any atom is 0.250 e. The van der Waals surface area contributed by atoms with Gasteiger partial charge in [0.1, 0.15) is 12.1 Å². The van der Waals surface area contributed by atoms with E-state index in [1.165, 1.54) is 0 Å². The molecule has 5 nitrogen and oxygen atoms in total. The van der Waals surface area contributed by atoms with E-state index in [0.717, 1.165) is 41.3 Å². The summed E-state index contributed by atoms with van der Waals surface area (Å²) in [7, 11) is 0. The van der Waals surface area contributed by atoms with Crippen LogP contribution in [0.1, 0.15) is 12.5 Å². The second-order valence-electron chi connectivity index (χ2n) is 5.04. The fourth-order valence-corrected chi connectivity index (χ4v) is 2.34. The molecule has 0 spiro atoms. The predicted octanol–water partition coefficient (Wildman–Crippen LogP) is 2.63. The minimum Gasteiger partial charge on any atom is -0.369 e. The molecule has 1 aliphatic rings. The topological polar surface area (TPSA) is 66.9 Å². The van der Waals surface area contributed by atoms with Gasteiger partial charge in [-0.05, 0) is 25.5 Å². The molecule has 0 atom stereocenters.